The molecule has 1 aromatic carbocycles. The van der Waals surface area contributed by atoms with Crippen molar-refractivity contribution >= 4 is 7.32 Å². The van der Waals surface area contributed by atoms with Gasteiger partial charge in [0.1, 0.15) is 0 Å². The predicted molar refractivity (Wildman–Crippen MR) is 62.4 cm³/mol. The summed E-state index contributed by atoms with van der Waals surface area (Å²) in [7, 11) is -2.17. The van der Waals surface area contributed by atoms with E-state index in [9.17, 15) is 0 Å². The minimum absolute atomic E-state index is 0.0938. The Bertz CT molecular complexity index is 284. The Morgan fingerprint density at radius 1 is 1.00 bits per heavy atom. The summed E-state index contributed by atoms with van der Waals surface area (Å²) in [6.07, 6.45) is 0.500. The van der Waals surface area contributed by atoms with Gasteiger partial charge < -0.3 is 25.3 Å². The molecule has 17 heavy (non-hydrogen) atoms. The second-order valence-corrected chi connectivity index (χ2v) is 2.63. The van der Waals surface area contributed by atoms with Crippen LogP contribution in [-0.4, -0.2) is 45.8 Å². The summed E-state index contributed by atoms with van der Waals surface area (Å²) in [5.41, 5.74) is 0.715. The third kappa shape index (κ3) is 20.6. The number of nitrogens with zero attached hydrogens (tertiary/aromatic N) is 1. The normalized spacial score (nSPS) is 7.76. The molecule has 0 amide bonds. The van der Waals surface area contributed by atoms with Crippen LogP contribution in [0.5, 0.6) is 0 Å². The van der Waals surface area contributed by atoms with Crippen LogP contribution in [0.2, 0.25) is 0 Å². The van der Waals surface area contributed by atoms with Crippen LogP contribution in [0.1, 0.15) is 12.0 Å². The lowest BCUT2D eigenvalue weighted by atomic mass is 10.2. The molecule has 0 atom stereocenters. The van der Waals surface area contributed by atoms with Gasteiger partial charge in [0.25, 0.3) is 0 Å². The molecule has 0 spiro atoms. The highest BCUT2D eigenvalue weighted by molar-refractivity contribution is 6.30. The van der Waals surface area contributed by atoms with Gasteiger partial charge in [-0.1, -0.05) is 18.2 Å². The topological polar surface area (TPSA) is 125 Å². The predicted octanol–water partition coefficient (Wildman–Crippen LogP) is -1.13. The van der Waals surface area contributed by atoms with E-state index in [-0.39, 0.29) is 13.2 Å². The van der Waals surface area contributed by atoms with Crippen molar-refractivity contribution in [2.45, 2.75) is 6.42 Å². The molecule has 0 aromatic heterocycles. The summed E-state index contributed by atoms with van der Waals surface area (Å²) in [6, 6.07) is 11.2. The largest absolute Gasteiger partial charge is 0.631 e. The zero-order valence-corrected chi connectivity index (χ0v) is 9.27. The Labute approximate surface area is 100 Å². The zero-order chi connectivity index (χ0) is 13.5. The van der Waals surface area contributed by atoms with Gasteiger partial charge in [0, 0.05) is 13.2 Å². The quantitative estimate of drug-likeness (QED) is 0.417. The van der Waals surface area contributed by atoms with Crippen LogP contribution < -0.4 is 0 Å². The van der Waals surface area contributed by atoms with Gasteiger partial charge in [-0.25, -0.2) is 0 Å². The van der Waals surface area contributed by atoms with E-state index in [1.54, 1.807) is 12.1 Å². The third-order valence-corrected chi connectivity index (χ3v) is 1.22. The average Bonchev–Trinajstić information content (AvgIpc) is 2.31. The molecule has 0 bridgehead atoms. The lowest BCUT2D eigenvalue weighted by molar-refractivity contribution is 0.221. The second-order valence-electron chi connectivity index (χ2n) is 2.63. The van der Waals surface area contributed by atoms with Crippen LogP contribution >= 0.6 is 0 Å². The van der Waals surface area contributed by atoms with Crippen LogP contribution in [0, 0.1) is 11.3 Å². The highest BCUT2D eigenvalue weighted by Crippen LogP contribution is 1.93. The maximum absolute atomic E-state index is 8.29. The van der Waals surface area contributed by atoms with Gasteiger partial charge in [-0.05, 0) is 18.6 Å². The van der Waals surface area contributed by atoms with Gasteiger partial charge in [-0.2, -0.15) is 5.26 Å². The molecule has 0 aliphatic heterocycles. The van der Waals surface area contributed by atoms with Crippen molar-refractivity contribution in [2.75, 3.05) is 13.2 Å². The van der Waals surface area contributed by atoms with Crippen molar-refractivity contribution in [3.63, 3.8) is 0 Å². The molecule has 0 radical (unpaired) electrons. The zero-order valence-electron chi connectivity index (χ0n) is 9.27. The number of aliphatic hydroxyl groups is 2. The molecular weight excluding hydrogens is 225 g/mol. The van der Waals surface area contributed by atoms with E-state index in [1.807, 2.05) is 24.3 Å². The first-order chi connectivity index (χ1) is 8.08. The van der Waals surface area contributed by atoms with Gasteiger partial charge in [0.05, 0.1) is 11.6 Å². The lowest BCUT2D eigenvalue weighted by Crippen LogP contribution is -2.07. The average molecular weight is 241 g/mol. The van der Waals surface area contributed by atoms with Gasteiger partial charge in [-0.3, -0.25) is 0 Å². The molecule has 0 saturated heterocycles. The van der Waals surface area contributed by atoms with E-state index in [1.165, 1.54) is 0 Å². The minimum Gasteiger partial charge on any atom is -0.402 e. The molecule has 1 rings (SSSR count). The summed E-state index contributed by atoms with van der Waals surface area (Å²) in [6.45, 7) is 0.188. The summed E-state index contributed by atoms with van der Waals surface area (Å²) >= 11 is 0. The molecule has 5 N–H and O–H groups in total. The Kier molecular flexibility index (Phi) is 15.4. The molecule has 0 saturated carbocycles. The number of nitriles is 1. The van der Waals surface area contributed by atoms with Crippen molar-refractivity contribution in [1.82, 2.24) is 0 Å². The van der Waals surface area contributed by atoms with Crippen molar-refractivity contribution in [3.05, 3.63) is 35.9 Å². The van der Waals surface area contributed by atoms with Crippen LogP contribution in [-0.2, 0) is 0 Å². The first kappa shape index (κ1) is 18.0. The molecule has 0 fully saturated rings. The fourth-order valence-electron chi connectivity index (χ4n) is 0.583. The Morgan fingerprint density at radius 2 is 1.41 bits per heavy atom. The van der Waals surface area contributed by atoms with Crippen molar-refractivity contribution in [3.8, 4) is 6.07 Å². The maximum Gasteiger partial charge on any atom is 0.631 e. The SMILES string of the molecule is N#Cc1ccccc1.OB(O)O.OCCCO. The van der Waals surface area contributed by atoms with Gasteiger partial charge in [0.15, 0.2) is 0 Å². The molecule has 0 heterocycles. The number of aliphatic hydroxyl groups excluding tert-OH is 2. The minimum atomic E-state index is -2.17. The van der Waals surface area contributed by atoms with Gasteiger partial charge in [-0.15, -0.1) is 0 Å². The van der Waals surface area contributed by atoms with E-state index in [0.717, 1.165) is 0 Å². The van der Waals surface area contributed by atoms with Gasteiger partial charge >= 0.3 is 7.32 Å². The first-order valence-corrected chi connectivity index (χ1v) is 4.79. The molecule has 7 heteroatoms. The molecule has 6 nitrogen and oxygen atoms in total. The fraction of sp³-hybridized carbons (Fsp3) is 0.300. The van der Waals surface area contributed by atoms with E-state index >= 15 is 0 Å². The maximum atomic E-state index is 8.29. The van der Waals surface area contributed by atoms with Crippen molar-refractivity contribution in [1.29, 1.82) is 5.26 Å². The first-order valence-electron chi connectivity index (χ1n) is 4.79. The Balaban J connectivity index is 0. The Morgan fingerprint density at radius 3 is 1.59 bits per heavy atom. The highest BCUT2D eigenvalue weighted by Gasteiger charge is 1.92. The second kappa shape index (κ2) is 14.6. The number of rotatable bonds is 2. The number of benzene rings is 1. The van der Waals surface area contributed by atoms with Crippen molar-refractivity contribution in [2.24, 2.45) is 0 Å². The smallest absolute Gasteiger partial charge is 0.402 e. The lowest BCUT2D eigenvalue weighted by Gasteiger charge is -1.80. The summed E-state index contributed by atoms with van der Waals surface area (Å²) in [5, 5.41) is 45.6. The molecule has 0 aliphatic carbocycles. The van der Waals surface area contributed by atoms with Crippen LogP contribution in [0.25, 0.3) is 0 Å². The third-order valence-electron chi connectivity index (χ3n) is 1.22. The van der Waals surface area contributed by atoms with Crippen molar-refractivity contribution < 1.29 is 25.3 Å². The summed E-state index contributed by atoms with van der Waals surface area (Å²) in [5.74, 6) is 0. The van der Waals surface area contributed by atoms with E-state index < -0.39 is 7.32 Å². The van der Waals surface area contributed by atoms with Crippen LogP contribution in [0.3, 0.4) is 0 Å². The Hall–Kier alpha value is -1.43. The molecular formula is C10H16BNO5. The molecule has 94 valence electrons. The number of hydrogen-bond donors (Lipinski definition) is 5. The van der Waals surface area contributed by atoms with E-state index in [4.69, 9.17) is 30.5 Å². The van der Waals surface area contributed by atoms with E-state index in [2.05, 4.69) is 0 Å². The van der Waals surface area contributed by atoms with Crippen LogP contribution in [0.15, 0.2) is 30.3 Å². The monoisotopic (exact) mass is 241 g/mol. The number of hydrogen-bond acceptors (Lipinski definition) is 6. The van der Waals surface area contributed by atoms with Crippen LogP contribution in [0.4, 0.5) is 0 Å². The van der Waals surface area contributed by atoms with E-state index in [0.29, 0.717) is 12.0 Å². The summed E-state index contributed by atoms with van der Waals surface area (Å²) < 4.78 is 0. The molecule has 0 unspecified atom stereocenters. The standard InChI is InChI=1S/C7H5N.C3H8O2.BH3O3/c8-6-7-4-2-1-3-5-7;4-2-1-3-5;2-1(3)4/h1-5H;4-5H,1-3H2;2-4H. The summed E-state index contributed by atoms with van der Waals surface area (Å²) in [4.78, 5) is 0. The van der Waals surface area contributed by atoms with Gasteiger partial charge in [0.2, 0.25) is 0 Å². The fourth-order valence-corrected chi connectivity index (χ4v) is 0.583. The molecule has 1 aromatic rings. The highest BCUT2D eigenvalue weighted by atomic mass is 16.5. The molecule has 0 aliphatic rings.